The van der Waals surface area contributed by atoms with Crippen molar-refractivity contribution in [1.29, 1.82) is 0 Å². The highest BCUT2D eigenvalue weighted by Crippen LogP contribution is 2.29. The number of carbonyl (C=O) groups is 2. The van der Waals surface area contributed by atoms with Gasteiger partial charge in [-0.1, -0.05) is 0 Å². The number of rotatable bonds is 5. The molecule has 2 aromatic rings. The highest BCUT2D eigenvalue weighted by atomic mass is 16.5. The molecular formula is C15H15O6-. The van der Waals surface area contributed by atoms with Gasteiger partial charge in [0.15, 0.2) is 0 Å². The van der Waals surface area contributed by atoms with Crippen molar-refractivity contribution >= 4 is 22.9 Å². The molecule has 0 amide bonds. The highest BCUT2D eigenvalue weighted by molar-refractivity contribution is 6.04. The van der Waals surface area contributed by atoms with E-state index < -0.39 is 18.5 Å². The van der Waals surface area contributed by atoms with E-state index in [1.807, 2.05) is 0 Å². The van der Waals surface area contributed by atoms with Gasteiger partial charge in [-0.15, -0.1) is 0 Å². The average molecular weight is 291 g/mol. The first-order chi connectivity index (χ1) is 9.88. The lowest BCUT2D eigenvalue weighted by Gasteiger charge is -2.08. The molecule has 0 fully saturated rings. The van der Waals surface area contributed by atoms with Gasteiger partial charge in [0.2, 0.25) is 0 Å². The van der Waals surface area contributed by atoms with Gasteiger partial charge < -0.3 is 23.8 Å². The van der Waals surface area contributed by atoms with Gasteiger partial charge in [-0.05, 0) is 39.0 Å². The maximum absolute atomic E-state index is 12.1. The SMILES string of the molecule is Cc1oc2ccc(OCC(=O)[O-])cc2c1C(=O)OC(C)C. The van der Waals surface area contributed by atoms with Gasteiger partial charge in [-0.2, -0.15) is 0 Å². The number of benzene rings is 1. The number of carboxylic acid groups (broad SMARTS) is 1. The number of hydrogen-bond acceptors (Lipinski definition) is 6. The second-order valence-electron chi connectivity index (χ2n) is 4.81. The molecular weight excluding hydrogens is 276 g/mol. The van der Waals surface area contributed by atoms with Crippen LogP contribution in [-0.4, -0.2) is 24.6 Å². The second kappa shape index (κ2) is 5.87. The van der Waals surface area contributed by atoms with Crippen molar-refractivity contribution in [2.45, 2.75) is 26.9 Å². The summed E-state index contributed by atoms with van der Waals surface area (Å²) in [7, 11) is 0. The molecule has 0 atom stereocenters. The summed E-state index contributed by atoms with van der Waals surface area (Å²) in [6.45, 7) is 4.61. The molecule has 1 aromatic carbocycles. The molecule has 1 heterocycles. The smallest absolute Gasteiger partial charge is 0.342 e. The Morgan fingerprint density at radius 3 is 2.67 bits per heavy atom. The summed E-state index contributed by atoms with van der Waals surface area (Å²) >= 11 is 0. The summed E-state index contributed by atoms with van der Waals surface area (Å²) in [5, 5.41) is 10.9. The molecule has 112 valence electrons. The van der Waals surface area contributed by atoms with E-state index in [-0.39, 0.29) is 6.10 Å². The zero-order valence-electron chi connectivity index (χ0n) is 12.0. The van der Waals surface area contributed by atoms with Gasteiger partial charge in [-0.25, -0.2) is 4.79 Å². The molecule has 2 rings (SSSR count). The van der Waals surface area contributed by atoms with Gasteiger partial charge >= 0.3 is 5.97 Å². The van der Waals surface area contributed by atoms with E-state index in [1.165, 1.54) is 0 Å². The van der Waals surface area contributed by atoms with Gasteiger partial charge in [0, 0.05) is 5.39 Å². The van der Waals surface area contributed by atoms with E-state index in [9.17, 15) is 14.7 Å². The largest absolute Gasteiger partial charge is 0.546 e. The Hall–Kier alpha value is -2.50. The van der Waals surface area contributed by atoms with Gasteiger partial charge in [0.1, 0.15) is 29.3 Å². The number of hydrogen-bond donors (Lipinski definition) is 0. The minimum atomic E-state index is -1.32. The maximum atomic E-state index is 12.1. The quantitative estimate of drug-likeness (QED) is 0.774. The van der Waals surface area contributed by atoms with Crippen LogP contribution in [0, 0.1) is 6.92 Å². The third-order valence-corrected chi connectivity index (χ3v) is 2.74. The second-order valence-corrected chi connectivity index (χ2v) is 4.81. The van der Waals surface area contributed by atoms with Crippen LogP contribution in [0.25, 0.3) is 11.0 Å². The first-order valence-corrected chi connectivity index (χ1v) is 6.45. The number of esters is 1. The molecule has 6 nitrogen and oxygen atoms in total. The fraction of sp³-hybridized carbons (Fsp3) is 0.333. The van der Waals surface area contributed by atoms with Crippen molar-refractivity contribution in [2.75, 3.05) is 6.61 Å². The van der Waals surface area contributed by atoms with Crippen LogP contribution in [0.3, 0.4) is 0 Å². The Labute approximate surface area is 121 Å². The lowest BCUT2D eigenvalue weighted by Crippen LogP contribution is -2.28. The zero-order chi connectivity index (χ0) is 15.6. The van der Waals surface area contributed by atoms with E-state index in [0.29, 0.717) is 28.0 Å². The summed E-state index contributed by atoms with van der Waals surface area (Å²) in [5.41, 5.74) is 0.821. The number of carboxylic acids is 1. The van der Waals surface area contributed by atoms with E-state index in [0.717, 1.165) is 0 Å². The Morgan fingerprint density at radius 1 is 1.33 bits per heavy atom. The zero-order valence-corrected chi connectivity index (χ0v) is 12.0. The van der Waals surface area contributed by atoms with Crippen molar-refractivity contribution in [1.82, 2.24) is 0 Å². The summed E-state index contributed by atoms with van der Waals surface area (Å²) < 4.78 is 15.7. The van der Waals surface area contributed by atoms with E-state index >= 15 is 0 Å². The summed E-state index contributed by atoms with van der Waals surface area (Å²) in [6.07, 6.45) is -0.251. The lowest BCUT2D eigenvalue weighted by molar-refractivity contribution is -0.307. The van der Waals surface area contributed by atoms with Crippen molar-refractivity contribution < 1.29 is 28.6 Å². The van der Waals surface area contributed by atoms with E-state index in [4.69, 9.17) is 13.9 Å². The topological polar surface area (TPSA) is 88.8 Å². The van der Waals surface area contributed by atoms with Crippen LogP contribution < -0.4 is 9.84 Å². The minimum absolute atomic E-state index is 0.251. The predicted molar refractivity (Wildman–Crippen MR) is 72.0 cm³/mol. The number of fused-ring (bicyclic) bond motifs is 1. The Morgan fingerprint density at radius 2 is 2.05 bits per heavy atom. The number of aryl methyl sites for hydroxylation is 1. The van der Waals surface area contributed by atoms with Crippen molar-refractivity contribution in [2.24, 2.45) is 0 Å². The molecule has 0 bridgehead atoms. The summed E-state index contributed by atoms with van der Waals surface area (Å²) in [6, 6.07) is 4.72. The molecule has 21 heavy (non-hydrogen) atoms. The molecule has 0 unspecified atom stereocenters. The molecule has 0 aliphatic rings. The fourth-order valence-electron chi connectivity index (χ4n) is 1.96. The average Bonchev–Trinajstić information content (AvgIpc) is 2.70. The molecule has 0 N–H and O–H groups in total. The molecule has 0 aliphatic carbocycles. The fourth-order valence-corrected chi connectivity index (χ4v) is 1.96. The van der Waals surface area contributed by atoms with Crippen LogP contribution in [0.1, 0.15) is 30.0 Å². The standard InChI is InChI=1S/C15H16O6/c1-8(2)20-15(18)14-9(3)21-12-5-4-10(6-11(12)14)19-7-13(16)17/h4-6,8H,7H2,1-3H3,(H,16,17)/p-1. The van der Waals surface area contributed by atoms with Crippen LogP contribution in [0.4, 0.5) is 0 Å². The van der Waals surface area contributed by atoms with Gasteiger partial charge in [0.25, 0.3) is 0 Å². The molecule has 0 aliphatic heterocycles. The molecule has 6 heteroatoms. The number of furan rings is 1. The van der Waals surface area contributed by atoms with Crippen molar-refractivity contribution in [3.05, 3.63) is 29.5 Å². The first-order valence-electron chi connectivity index (χ1n) is 6.45. The minimum Gasteiger partial charge on any atom is -0.546 e. The predicted octanol–water partition coefficient (Wildman–Crippen LogP) is 1.44. The van der Waals surface area contributed by atoms with Gasteiger partial charge in [-0.3, -0.25) is 0 Å². The molecule has 1 aromatic heterocycles. The third-order valence-electron chi connectivity index (χ3n) is 2.74. The van der Waals surface area contributed by atoms with Crippen molar-refractivity contribution in [3.63, 3.8) is 0 Å². The summed E-state index contributed by atoms with van der Waals surface area (Å²) in [5.74, 6) is -1.06. The normalized spacial score (nSPS) is 10.9. The first kappa shape index (κ1) is 14.9. The molecule has 0 radical (unpaired) electrons. The monoisotopic (exact) mass is 291 g/mol. The number of ether oxygens (including phenoxy) is 2. The Kier molecular flexibility index (Phi) is 4.16. The Bertz CT molecular complexity index is 683. The molecule has 0 saturated heterocycles. The number of aliphatic carboxylic acids is 1. The van der Waals surface area contributed by atoms with Crippen LogP contribution >= 0.6 is 0 Å². The summed E-state index contributed by atoms with van der Waals surface area (Å²) in [4.78, 5) is 22.5. The number of carbonyl (C=O) groups excluding carboxylic acids is 2. The maximum Gasteiger partial charge on any atom is 0.342 e. The van der Waals surface area contributed by atoms with Crippen LogP contribution in [0.15, 0.2) is 22.6 Å². The molecule has 0 spiro atoms. The third kappa shape index (κ3) is 3.34. The van der Waals surface area contributed by atoms with Crippen LogP contribution in [0.5, 0.6) is 5.75 Å². The highest BCUT2D eigenvalue weighted by Gasteiger charge is 2.21. The van der Waals surface area contributed by atoms with Gasteiger partial charge in [0.05, 0.1) is 12.1 Å². The van der Waals surface area contributed by atoms with Crippen LogP contribution in [0.2, 0.25) is 0 Å². The van der Waals surface area contributed by atoms with Crippen molar-refractivity contribution in [3.8, 4) is 5.75 Å². The molecule has 0 saturated carbocycles. The van der Waals surface area contributed by atoms with E-state index in [1.54, 1.807) is 39.0 Å². The van der Waals surface area contributed by atoms with E-state index in [2.05, 4.69) is 0 Å². The lowest BCUT2D eigenvalue weighted by atomic mass is 10.1. The Balaban J connectivity index is 2.39. The van der Waals surface area contributed by atoms with Crippen LogP contribution in [-0.2, 0) is 9.53 Å².